The lowest BCUT2D eigenvalue weighted by Gasteiger charge is -1.97. The van der Waals surface area contributed by atoms with Crippen molar-refractivity contribution in [2.45, 2.75) is 6.92 Å². The lowest BCUT2D eigenvalue weighted by Crippen LogP contribution is -1.91. The van der Waals surface area contributed by atoms with Crippen LogP contribution in [-0.2, 0) is 7.05 Å². The maximum absolute atomic E-state index is 4.25. The van der Waals surface area contributed by atoms with Crippen molar-refractivity contribution in [2.24, 2.45) is 7.05 Å². The zero-order chi connectivity index (χ0) is 12.4. The van der Waals surface area contributed by atoms with Crippen molar-refractivity contribution >= 4 is 44.0 Å². The van der Waals surface area contributed by atoms with Crippen molar-refractivity contribution in [3.05, 3.63) is 38.8 Å². The van der Waals surface area contributed by atoms with E-state index in [0.717, 1.165) is 26.4 Å². The largest absolute Gasteiger partial charge is 0.321 e. The number of aryl methyl sites for hydroxylation is 1. The normalized spacial score (nSPS) is 11.3. The second kappa shape index (κ2) is 5.10. The van der Waals surface area contributed by atoms with Crippen LogP contribution >= 0.6 is 31.9 Å². The van der Waals surface area contributed by atoms with Gasteiger partial charge in [0, 0.05) is 13.2 Å². The monoisotopic (exact) mass is 356 g/mol. The Labute approximate surface area is 116 Å². The molecule has 0 amide bonds. The predicted octanol–water partition coefficient (Wildman–Crippen LogP) is 3.21. The molecule has 0 aliphatic rings. The molecule has 0 fully saturated rings. The van der Waals surface area contributed by atoms with E-state index in [4.69, 9.17) is 0 Å². The molecule has 88 valence electrons. The fourth-order valence-electron chi connectivity index (χ4n) is 1.28. The average Bonchev–Trinajstić information content (AvgIpc) is 2.54. The highest BCUT2D eigenvalue weighted by Gasteiger charge is 2.07. The van der Waals surface area contributed by atoms with Gasteiger partial charge < -0.3 is 4.57 Å². The number of aromatic nitrogens is 4. The molecule has 0 saturated heterocycles. The van der Waals surface area contributed by atoms with Crippen LogP contribution in [0.1, 0.15) is 17.1 Å². The Morgan fingerprint density at radius 1 is 1.18 bits per heavy atom. The predicted molar refractivity (Wildman–Crippen MR) is 74.3 cm³/mol. The van der Waals surface area contributed by atoms with Gasteiger partial charge in [0.25, 0.3) is 0 Å². The van der Waals surface area contributed by atoms with Gasteiger partial charge in [0.1, 0.15) is 4.60 Å². The van der Waals surface area contributed by atoms with E-state index < -0.39 is 0 Å². The van der Waals surface area contributed by atoms with Crippen molar-refractivity contribution in [2.75, 3.05) is 0 Å². The molecule has 2 rings (SSSR count). The van der Waals surface area contributed by atoms with E-state index in [9.17, 15) is 0 Å². The Morgan fingerprint density at radius 2 is 1.94 bits per heavy atom. The molecule has 0 saturated carbocycles. The minimum absolute atomic E-state index is 0.777. The van der Waals surface area contributed by atoms with Crippen molar-refractivity contribution in [3.8, 4) is 0 Å². The van der Waals surface area contributed by atoms with E-state index in [2.05, 4.69) is 46.8 Å². The lowest BCUT2D eigenvalue weighted by molar-refractivity contribution is 0.871. The molecule has 0 aliphatic heterocycles. The van der Waals surface area contributed by atoms with Crippen molar-refractivity contribution in [1.29, 1.82) is 0 Å². The molecule has 4 nitrogen and oxygen atoms in total. The fourth-order valence-corrected chi connectivity index (χ4v) is 2.46. The third-order valence-electron chi connectivity index (χ3n) is 2.25. The van der Waals surface area contributed by atoms with Gasteiger partial charge in [-0.1, -0.05) is 0 Å². The summed E-state index contributed by atoms with van der Waals surface area (Å²) in [6.45, 7) is 1.91. The van der Waals surface area contributed by atoms with E-state index in [1.165, 1.54) is 0 Å². The Kier molecular flexibility index (Phi) is 3.73. The highest BCUT2D eigenvalue weighted by Crippen LogP contribution is 2.22. The zero-order valence-corrected chi connectivity index (χ0v) is 12.5. The molecule has 0 aliphatic carbocycles. The van der Waals surface area contributed by atoms with Gasteiger partial charge >= 0.3 is 0 Å². The summed E-state index contributed by atoms with van der Waals surface area (Å²) >= 11 is 6.77. The number of halogens is 2. The summed E-state index contributed by atoms with van der Waals surface area (Å²) in [7, 11) is 1.93. The Bertz CT molecular complexity index is 558. The molecule has 0 N–H and O–H groups in total. The van der Waals surface area contributed by atoms with Crippen LogP contribution in [-0.4, -0.2) is 19.5 Å². The summed E-state index contributed by atoms with van der Waals surface area (Å²) < 4.78 is 3.50. The van der Waals surface area contributed by atoms with Crippen LogP contribution in [0, 0.1) is 6.92 Å². The molecule has 6 heteroatoms. The average molecular weight is 358 g/mol. The first kappa shape index (κ1) is 12.4. The standard InChI is InChI=1S/C11H10Br2N4/c1-7-5-15-8(6-14-7)3-4-9-10(12)16-11(13)17(9)2/h3-6H,1-2H3/b4-3+. The first-order valence-corrected chi connectivity index (χ1v) is 6.51. The summed E-state index contributed by atoms with van der Waals surface area (Å²) in [6.07, 6.45) is 7.33. The fraction of sp³-hybridized carbons (Fsp3) is 0.182. The highest BCUT2D eigenvalue weighted by molar-refractivity contribution is 9.11. The Morgan fingerprint density at radius 3 is 2.47 bits per heavy atom. The molecule has 0 unspecified atom stereocenters. The van der Waals surface area contributed by atoms with Crippen LogP contribution in [0.15, 0.2) is 21.7 Å². The maximum Gasteiger partial charge on any atom is 0.178 e. The van der Waals surface area contributed by atoms with E-state index in [-0.39, 0.29) is 0 Å². The van der Waals surface area contributed by atoms with Crippen LogP contribution in [0.2, 0.25) is 0 Å². The quantitative estimate of drug-likeness (QED) is 0.828. The molecule has 0 spiro atoms. The second-order valence-corrected chi connectivity index (χ2v) is 4.99. The second-order valence-electron chi connectivity index (χ2n) is 3.53. The first-order chi connectivity index (χ1) is 8.08. The minimum Gasteiger partial charge on any atom is -0.321 e. The van der Waals surface area contributed by atoms with Gasteiger partial charge in [0.2, 0.25) is 0 Å². The summed E-state index contributed by atoms with van der Waals surface area (Å²) in [5.74, 6) is 0. The van der Waals surface area contributed by atoms with Crippen molar-refractivity contribution in [3.63, 3.8) is 0 Å². The van der Waals surface area contributed by atoms with Gasteiger partial charge in [0.05, 0.1) is 23.3 Å². The molecule has 2 heterocycles. The smallest absolute Gasteiger partial charge is 0.178 e. The first-order valence-electron chi connectivity index (χ1n) is 4.92. The maximum atomic E-state index is 4.25. The molecule has 0 radical (unpaired) electrons. The number of rotatable bonds is 2. The molecule has 2 aromatic heterocycles. The summed E-state index contributed by atoms with van der Waals surface area (Å²) in [5.41, 5.74) is 2.70. The van der Waals surface area contributed by atoms with Crippen molar-refractivity contribution in [1.82, 2.24) is 19.5 Å². The Hall–Kier alpha value is -1.01. The van der Waals surface area contributed by atoms with Crippen LogP contribution in [0.5, 0.6) is 0 Å². The molecule has 0 atom stereocenters. The third kappa shape index (κ3) is 2.81. The molecule has 0 aromatic carbocycles. The number of hydrogen-bond donors (Lipinski definition) is 0. The molecule has 17 heavy (non-hydrogen) atoms. The Balaban J connectivity index is 2.29. The van der Waals surface area contributed by atoms with Gasteiger partial charge in [-0.2, -0.15) is 0 Å². The topological polar surface area (TPSA) is 43.6 Å². The number of nitrogens with zero attached hydrogens (tertiary/aromatic N) is 4. The molecular weight excluding hydrogens is 348 g/mol. The highest BCUT2D eigenvalue weighted by atomic mass is 79.9. The summed E-state index contributed by atoms with van der Waals surface area (Å²) in [5, 5.41) is 0. The van der Waals surface area contributed by atoms with Gasteiger partial charge in [-0.05, 0) is 50.9 Å². The van der Waals surface area contributed by atoms with Gasteiger partial charge in [-0.15, -0.1) is 0 Å². The minimum atomic E-state index is 0.777. The van der Waals surface area contributed by atoms with Crippen LogP contribution in [0.3, 0.4) is 0 Å². The van der Waals surface area contributed by atoms with E-state index in [1.807, 2.05) is 30.7 Å². The number of imidazole rings is 1. The van der Waals surface area contributed by atoms with Gasteiger partial charge in [-0.25, -0.2) is 4.98 Å². The molecule has 2 aromatic rings. The van der Waals surface area contributed by atoms with E-state index in [0.29, 0.717) is 0 Å². The van der Waals surface area contributed by atoms with Crippen LogP contribution in [0.4, 0.5) is 0 Å². The van der Waals surface area contributed by atoms with Gasteiger partial charge in [0.15, 0.2) is 4.73 Å². The van der Waals surface area contributed by atoms with Crippen LogP contribution in [0.25, 0.3) is 12.2 Å². The van der Waals surface area contributed by atoms with E-state index in [1.54, 1.807) is 12.4 Å². The van der Waals surface area contributed by atoms with Gasteiger partial charge in [-0.3, -0.25) is 9.97 Å². The van der Waals surface area contributed by atoms with Crippen molar-refractivity contribution < 1.29 is 0 Å². The summed E-state index contributed by atoms with van der Waals surface area (Å²) in [4.78, 5) is 12.7. The summed E-state index contributed by atoms with van der Waals surface area (Å²) in [6, 6.07) is 0. The van der Waals surface area contributed by atoms with Crippen LogP contribution < -0.4 is 0 Å². The van der Waals surface area contributed by atoms with E-state index >= 15 is 0 Å². The third-order valence-corrected chi connectivity index (χ3v) is 3.55. The lowest BCUT2D eigenvalue weighted by atomic mass is 10.3. The molecule has 0 bridgehead atoms. The SMILES string of the molecule is Cc1cnc(/C=C/c2c(Br)nc(Br)n2C)cn1. The number of hydrogen-bond acceptors (Lipinski definition) is 3. The zero-order valence-electron chi connectivity index (χ0n) is 9.35. The molecular formula is C11H10Br2N4.